The van der Waals surface area contributed by atoms with Crippen molar-refractivity contribution in [2.45, 2.75) is 6.10 Å². The quantitative estimate of drug-likeness (QED) is 0.872. The number of ether oxygens (including phenoxy) is 1. The molecule has 0 aliphatic heterocycles. The van der Waals surface area contributed by atoms with E-state index >= 15 is 0 Å². The first-order valence-electron chi connectivity index (χ1n) is 6.46. The van der Waals surface area contributed by atoms with Gasteiger partial charge < -0.3 is 15.2 Å². The molecule has 0 saturated carbocycles. The molecule has 2 N–H and O–H groups in total. The third-order valence-electron chi connectivity index (χ3n) is 3.06. The number of halogens is 1. The van der Waals surface area contributed by atoms with Crippen molar-refractivity contribution in [3.8, 4) is 5.75 Å². The van der Waals surface area contributed by atoms with Gasteiger partial charge in [0.05, 0.1) is 13.2 Å². The Kier molecular flexibility index (Phi) is 5.36. The molecule has 0 saturated heterocycles. The molecule has 0 aliphatic carbocycles. The van der Waals surface area contributed by atoms with Crippen LogP contribution in [0.3, 0.4) is 0 Å². The summed E-state index contributed by atoms with van der Waals surface area (Å²) in [6.07, 6.45) is -0.754. The summed E-state index contributed by atoms with van der Waals surface area (Å²) in [5, 5.41) is 12.8. The van der Waals surface area contributed by atoms with Gasteiger partial charge in [-0.05, 0) is 42.0 Å². The smallest absolute Gasteiger partial charge is 0.251 e. The normalized spacial score (nSPS) is 11.8. The molecular weight excluding hydrogens is 334 g/mol. The first kappa shape index (κ1) is 15.5. The first-order valence-corrected chi connectivity index (χ1v) is 7.25. The van der Waals surface area contributed by atoms with Crippen LogP contribution in [0.4, 0.5) is 0 Å². The zero-order chi connectivity index (χ0) is 15.2. The van der Waals surface area contributed by atoms with Crippen molar-refractivity contribution in [2.75, 3.05) is 13.7 Å². The van der Waals surface area contributed by atoms with E-state index in [0.29, 0.717) is 5.56 Å². The van der Waals surface area contributed by atoms with Crippen LogP contribution in [-0.2, 0) is 0 Å². The summed E-state index contributed by atoms with van der Waals surface area (Å²) in [4.78, 5) is 11.9. The van der Waals surface area contributed by atoms with E-state index in [9.17, 15) is 9.90 Å². The SMILES string of the molecule is COc1ccc(C(O)CNC(=O)c2ccc(Br)cc2)cc1. The zero-order valence-corrected chi connectivity index (χ0v) is 13.1. The number of carbonyl (C=O) groups excluding carboxylic acids is 1. The van der Waals surface area contributed by atoms with Crippen molar-refractivity contribution in [3.05, 3.63) is 64.1 Å². The fourth-order valence-electron chi connectivity index (χ4n) is 1.84. The lowest BCUT2D eigenvalue weighted by Gasteiger charge is -2.13. The second kappa shape index (κ2) is 7.24. The summed E-state index contributed by atoms with van der Waals surface area (Å²) in [6.45, 7) is 0.154. The number of carbonyl (C=O) groups is 1. The predicted octanol–water partition coefficient (Wildman–Crippen LogP) is 2.92. The van der Waals surface area contributed by atoms with E-state index in [4.69, 9.17) is 4.74 Å². The van der Waals surface area contributed by atoms with Gasteiger partial charge in [-0.3, -0.25) is 4.79 Å². The standard InChI is InChI=1S/C16H16BrNO3/c1-21-14-8-4-11(5-9-14)15(19)10-18-16(20)12-2-6-13(17)7-3-12/h2-9,15,19H,10H2,1H3,(H,18,20). The van der Waals surface area contributed by atoms with Crippen molar-refractivity contribution >= 4 is 21.8 Å². The second-order valence-corrected chi connectivity index (χ2v) is 5.42. The van der Waals surface area contributed by atoms with Crippen LogP contribution in [0.15, 0.2) is 53.0 Å². The molecule has 4 nitrogen and oxygen atoms in total. The number of benzene rings is 2. The van der Waals surface area contributed by atoms with Crippen LogP contribution >= 0.6 is 15.9 Å². The van der Waals surface area contributed by atoms with Crippen molar-refractivity contribution < 1.29 is 14.6 Å². The molecule has 0 bridgehead atoms. The molecule has 21 heavy (non-hydrogen) atoms. The van der Waals surface area contributed by atoms with Crippen LogP contribution in [-0.4, -0.2) is 24.7 Å². The van der Waals surface area contributed by atoms with Gasteiger partial charge in [0.1, 0.15) is 5.75 Å². The van der Waals surface area contributed by atoms with Gasteiger partial charge in [-0.1, -0.05) is 28.1 Å². The first-order chi connectivity index (χ1) is 10.1. The molecule has 2 aromatic carbocycles. The Bertz CT molecular complexity index is 596. The van der Waals surface area contributed by atoms with Gasteiger partial charge in [-0.25, -0.2) is 0 Å². The van der Waals surface area contributed by atoms with E-state index in [1.807, 2.05) is 0 Å². The van der Waals surface area contributed by atoms with Gasteiger partial charge in [0.15, 0.2) is 0 Å². The summed E-state index contributed by atoms with van der Waals surface area (Å²) >= 11 is 3.32. The summed E-state index contributed by atoms with van der Waals surface area (Å²) in [5.41, 5.74) is 1.28. The summed E-state index contributed by atoms with van der Waals surface area (Å²) < 4.78 is 5.97. The molecule has 0 heterocycles. The molecule has 0 fully saturated rings. The second-order valence-electron chi connectivity index (χ2n) is 4.51. The Hall–Kier alpha value is -1.85. The van der Waals surface area contributed by atoms with Gasteiger partial charge >= 0.3 is 0 Å². The molecule has 2 rings (SSSR count). The summed E-state index contributed by atoms with van der Waals surface area (Å²) in [7, 11) is 1.59. The maximum atomic E-state index is 11.9. The van der Waals surface area contributed by atoms with Gasteiger partial charge in [0.2, 0.25) is 0 Å². The van der Waals surface area contributed by atoms with Crippen molar-refractivity contribution in [1.29, 1.82) is 0 Å². The molecule has 110 valence electrons. The van der Waals surface area contributed by atoms with Gasteiger partial charge in [-0.15, -0.1) is 0 Å². The van der Waals surface area contributed by atoms with E-state index in [1.54, 1.807) is 55.6 Å². The van der Waals surface area contributed by atoms with Crippen molar-refractivity contribution in [3.63, 3.8) is 0 Å². The molecule has 0 aromatic heterocycles. The van der Waals surface area contributed by atoms with E-state index in [0.717, 1.165) is 15.8 Å². The molecule has 5 heteroatoms. The largest absolute Gasteiger partial charge is 0.497 e. The maximum Gasteiger partial charge on any atom is 0.251 e. The Morgan fingerprint density at radius 3 is 2.38 bits per heavy atom. The minimum Gasteiger partial charge on any atom is -0.497 e. The molecule has 0 spiro atoms. The number of methoxy groups -OCH3 is 1. The van der Waals surface area contributed by atoms with E-state index in [2.05, 4.69) is 21.2 Å². The average Bonchev–Trinajstić information content (AvgIpc) is 2.53. The lowest BCUT2D eigenvalue weighted by molar-refractivity contribution is 0.0916. The van der Waals surface area contributed by atoms with Crippen LogP contribution in [0.25, 0.3) is 0 Å². The molecule has 2 aromatic rings. The highest BCUT2D eigenvalue weighted by Gasteiger charge is 2.11. The monoisotopic (exact) mass is 349 g/mol. The van der Waals surface area contributed by atoms with Gasteiger partial charge in [0.25, 0.3) is 5.91 Å². The fraction of sp³-hybridized carbons (Fsp3) is 0.188. The van der Waals surface area contributed by atoms with E-state index < -0.39 is 6.10 Å². The molecule has 1 atom stereocenters. The molecule has 1 amide bonds. The third kappa shape index (κ3) is 4.31. The van der Waals surface area contributed by atoms with Gasteiger partial charge in [0, 0.05) is 16.6 Å². The Labute approximate surface area is 131 Å². The van der Waals surface area contributed by atoms with Gasteiger partial charge in [-0.2, -0.15) is 0 Å². The summed E-state index contributed by atoms with van der Waals surface area (Å²) in [6, 6.07) is 14.1. The highest BCUT2D eigenvalue weighted by molar-refractivity contribution is 9.10. The Morgan fingerprint density at radius 1 is 1.19 bits per heavy atom. The van der Waals surface area contributed by atoms with Crippen LogP contribution in [0.1, 0.15) is 22.0 Å². The topological polar surface area (TPSA) is 58.6 Å². The number of hydrogen-bond donors (Lipinski definition) is 2. The lowest BCUT2D eigenvalue weighted by atomic mass is 10.1. The highest BCUT2D eigenvalue weighted by atomic mass is 79.9. The van der Waals surface area contributed by atoms with Crippen LogP contribution in [0, 0.1) is 0 Å². The van der Waals surface area contributed by atoms with Crippen LogP contribution < -0.4 is 10.1 Å². The number of hydrogen-bond acceptors (Lipinski definition) is 3. The number of nitrogens with one attached hydrogen (secondary N) is 1. The fourth-order valence-corrected chi connectivity index (χ4v) is 2.10. The molecule has 0 aliphatic rings. The van der Waals surface area contributed by atoms with Crippen LogP contribution in [0.5, 0.6) is 5.75 Å². The number of rotatable bonds is 5. The van der Waals surface area contributed by atoms with E-state index in [-0.39, 0.29) is 12.5 Å². The van der Waals surface area contributed by atoms with E-state index in [1.165, 1.54) is 0 Å². The minimum atomic E-state index is -0.754. The zero-order valence-electron chi connectivity index (χ0n) is 11.5. The average molecular weight is 350 g/mol. The maximum absolute atomic E-state index is 11.9. The number of amides is 1. The molecular formula is C16H16BrNO3. The van der Waals surface area contributed by atoms with Crippen LogP contribution in [0.2, 0.25) is 0 Å². The number of aliphatic hydroxyl groups excluding tert-OH is 1. The van der Waals surface area contributed by atoms with Crippen molar-refractivity contribution in [1.82, 2.24) is 5.32 Å². The predicted molar refractivity (Wildman–Crippen MR) is 84.4 cm³/mol. The molecule has 0 radical (unpaired) electrons. The Balaban J connectivity index is 1.92. The van der Waals surface area contributed by atoms with Crippen molar-refractivity contribution in [2.24, 2.45) is 0 Å². The number of aliphatic hydroxyl groups is 1. The Morgan fingerprint density at radius 2 is 1.81 bits per heavy atom. The third-order valence-corrected chi connectivity index (χ3v) is 3.59. The minimum absolute atomic E-state index is 0.154. The highest BCUT2D eigenvalue weighted by Crippen LogP contribution is 2.17. The molecule has 1 unspecified atom stereocenters. The summed E-state index contributed by atoms with van der Waals surface area (Å²) in [5.74, 6) is 0.514. The lowest BCUT2D eigenvalue weighted by Crippen LogP contribution is -2.28.